The normalized spacial score (nSPS) is 13.8. The first kappa shape index (κ1) is 22.3. The van der Waals surface area contributed by atoms with E-state index >= 15 is 0 Å². The molecule has 8 nitrogen and oxygen atoms in total. The van der Waals surface area contributed by atoms with Crippen molar-refractivity contribution in [2.24, 2.45) is 0 Å². The molecule has 1 aromatic heterocycles. The maximum Gasteiger partial charge on any atom is 0.416 e. The molecule has 2 amide bonds. The van der Waals surface area contributed by atoms with Gasteiger partial charge in [-0.25, -0.2) is 0 Å². The number of methoxy groups -OCH3 is 1. The average molecular weight is 439 g/mol. The van der Waals surface area contributed by atoms with Crippen LogP contribution < -0.4 is 10.7 Å². The molecule has 2 heterocycles. The van der Waals surface area contributed by atoms with Gasteiger partial charge in [-0.15, -0.1) is 0 Å². The number of pyridine rings is 1. The van der Waals surface area contributed by atoms with Crippen molar-refractivity contribution in [1.82, 2.24) is 14.8 Å². The van der Waals surface area contributed by atoms with Crippen LogP contribution in [-0.4, -0.2) is 53.2 Å². The van der Waals surface area contributed by atoms with Crippen LogP contribution in [0.5, 0.6) is 5.75 Å². The van der Waals surface area contributed by atoms with Crippen LogP contribution in [0.2, 0.25) is 0 Å². The first-order valence-corrected chi connectivity index (χ1v) is 9.32. The molecule has 0 bridgehead atoms. The molecule has 0 saturated carbocycles. The molecule has 0 saturated heterocycles. The van der Waals surface area contributed by atoms with Gasteiger partial charge in [-0.2, -0.15) is 13.2 Å². The number of fused-ring (bicyclic) bond motifs is 1. The number of rotatable bonds is 6. The van der Waals surface area contributed by atoms with Crippen LogP contribution in [0, 0.1) is 0 Å². The van der Waals surface area contributed by atoms with Crippen LogP contribution in [0.4, 0.5) is 13.2 Å². The minimum Gasteiger partial charge on any atom is -0.503 e. The molecule has 2 aromatic rings. The lowest BCUT2D eigenvalue weighted by Gasteiger charge is -2.30. The van der Waals surface area contributed by atoms with Gasteiger partial charge in [0.25, 0.3) is 11.8 Å². The third-order valence-electron chi connectivity index (χ3n) is 4.90. The minimum absolute atomic E-state index is 0.122. The maximum atomic E-state index is 12.6. The van der Waals surface area contributed by atoms with Crippen molar-refractivity contribution in [2.75, 3.05) is 26.8 Å². The van der Waals surface area contributed by atoms with Gasteiger partial charge in [0, 0.05) is 39.5 Å². The predicted molar refractivity (Wildman–Crippen MR) is 103 cm³/mol. The molecule has 0 spiro atoms. The molecular weight excluding hydrogens is 419 g/mol. The fraction of sp³-hybridized carbons (Fsp3) is 0.350. The number of halogens is 3. The van der Waals surface area contributed by atoms with Gasteiger partial charge in [0.2, 0.25) is 5.43 Å². The number of nitrogens with zero attached hydrogens (tertiary/aromatic N) is 2. The predicted octanol–water partition coefficient (Wildman–Crippen LogP) is 1.60. The zero-order chi connectivity index (χ0) is 22.8. The molecule has 2 N–H and O–H groups in total. The highest BCUT2D eigenvalue weighted by atomic mass is 19.4. The van der Waals surface area contributed by atoms with Crippen molar-refractivity contribution in [2.45, 2.75) is 19.3 Å². The summed E-state index contributed by atoms with van der Waals surface area (Å²) in [5.41, 5.74) is -1.99. The first-order valence-electron chi connectivity index (χ1n) is 9.32. The Morgan fingerprint density at radius 2 is 1.87 bits per heavy atom. The van der Waals surface area contributed by atoms with Crippen molar-refractivity contribution in [3.63, 3.8) is 0 Å². The van der Waals surface area contributed by atoms with Crippen LogP contribution in [0.25, 0.3) is 0 Å². The van der Waals surface area contributed by atoms with Crippen molar-refractivity contribution < 1.29 is 32.6 Å². The third kappa shape index (κ3) is 4.71. The summed E-state index contributed by atoms with van der Waals surface area (Å²) in [5.74, 6) is -2.19. The van der Waals surface area contributed by atoms with Crippen molar-refractivity contribution >= 4 is 11.8 Å². The number of carbonyl (C=O) groups excluding carboxylic acids is 2. The number of amides is 2. The van der Waals surface area contributed by atoms with E-state index < -0.39 is 34.7 Å². The Kier molecular flexibility index (Phi) is 6.34. The van der Waals surface area contributed by atoms with Gasteiger partial charge in [-0.3, -0.25) is 14.4 Å². The van der Waals surface area contributed by atoms with Crippen LogP contribution >= 0.6 is 0 Å². The summed E-state index contributed by atoms with van der Waals surface area (Å²) < 4.78 is 44.2. The van der Waals surface area contributed by atoms with Gasteiger partial charge < -0.3 is 24.6 Å². The SMILES string of the molecule is COCCN1CCn2cc(C(=O)NCc3ccc(C(F)(F)F)cc3)c(=O)c(O)c2C1=O. The lowest BCUT2D eigenvalue weighted by atomic mass is 10.1. The Bertz CT molecular complexity index is 1050. The standard InChI is InChI=1S/C20H20F3N3O5/c1-31-9-8-25-6-7-26-11-14(16(27)17(28)15(26)19(25)30)18(29)24-10-12-2-4-13(5-3-12)20(21,22)23/h2-5,11,28H,6-10H2,1H3,(H,24,29). The number of carbonyl (C=O) groups is 2. The van der Waals surface area contributed by atoms with E-state index in [1.165, 1.54) is 34.9 Å². The second-order valence-electron chi connectivity index (χ2n) is 6.92. The topological polar surface area (TPSA) is 101 Å². The van der Waals surface area contributed by atoms with Gasteiger partial charge in [0.15, 0.2) is 11.4 Å². The van der Waals surface area contributed by atoms with Crippen LogP contribution in [0.15, 0.2) is 35.3 Å². The number of ether oxygens (including phenoxy) is 1. The average Bonchev–Trinajstić information content (AvgIpc) is 2.73. The zero-order valence-electron chi connectivity index (χ0n) is 16.5. The zero-order valence-corrected chi connectivity index (χ0v) is 16.5. The number of nitrogens with one attached hydrogen (secondary N) is 1. The highest BCUT2D eigenvalue weighted by Gasteiger charge is 2.31. The third-order valence-corrected chi connectivity index (χ3v) is 4.90. The fourth-order valence-corrected chi connectivity index (χ4v) is 3.20. The number of aromatic hydroxyl groups is 1. The van der Waals surface area contributed by atoms with Crippen molar-refractivity contribution in [3.05, 3.63) is 63.1 Å². The number of aromatic nitrogens is 1. The molecule has 166 valence electrons. The fourth-order valence-electron chi connectivity index (χ4n) is 3.20. The number of alkyl halides is 3. The first-order chi connectivity index (χ1) is 14.6. The molecule has 0 unspecified atom stereocenters. The molecular formula is C20H20F3N3O5. The molecule has 0 fully saturated rings. The Labute approximate surface area is 174 Å². The summed E-state index contributed by atoms with van der Waals surface area (Å²) in [6.45, 7) is 1.03. The Morgan fingerprint density at radius 3 is 2.48 bits per heavy atom. The molecule has 11 heteroatoms. The summed E-state index contributed by atoms with van der Waals surface area (Å²) in [4.78, 5) is 38.9. The van der Waals surface area contributed by atoms with E-state index in [1.807, 2.05) is 0 Å². The Morgan fingerprint density at radius 1 is 1.19 bits per heavy atom. The molecule has 1 aliphatic heterocycles. The maximum absolute atomic E-state index is 12.6. The number of hydrogen-bond acceptors (Lipinski definition) is 5. The Hall–Kier alpha value is -3.34. The van der Waals surface area contributed by atoms with E-state index in [4.69, 9.17) is 4.74 Å². The van der Waals surface area contributed by atoms with E-state index in [9.17, 15) is 32.7 Å². The highest BCUT2D eigenvalue weighted by Crippen LogP contribution is 2.29. The van der Waals surface area contributed by atoms with E-state index in [1.54, 1.807) is 0 Å². The van der Waals surface area contributed by atoms with Crippen molar-refractivity contribution in [1.29, 1.82) is 0 Å². The van der Waals surface area contributed by atoms with Crippen LogP contribution in [0.1, 0.15) is 32.0 Å². The van der Waals surface area contributed by atoms with Gasteiger partial charge in [-0.05, 0) is 17.7 Å². The Balaban J connectivity index is 1.76. The second kappa shape index (κ2) is 8.80. The summed E-state index contributed by atoms with van der Waals surface area (Å²) in [6, 6.07) is 4.21. The van der Waals surface area contributed by atoms with E-state index in [-0.39, 0.29) is 24.3 Å². The monoisotopic (exact) mass is 439 g/mol. The quantitative estimate of drug-likeness (QED) is 0.712. The molecule has 0 radical (unpaired) electrons. The largest absolute Gasteiger partial charge is 0.503 e. The van der Waals surface area contributed by atoms with Crippen LogP contribution in [0.3, 0.4) is 0 Å². The lowest BCUT2D eigenvalue weighted by Crippen LogP contribution is -2.44. The molecule has 1 aromatic carbocycles. The van der Waals surface area contributed by atoms with E-state index in [0.29, 0.717) is 25.3 Å². The summed E-state index contributed by atoms with van der Waals surface area (Å²) in [6.07, 6.45) is -3.27. The highest BCUT2D eigenvalue weighted by molar-refractivity contribution is 5.99. The molecule has 1 aliphatic rings. The molecule has 31 heavy (non-hydrogen) atoms. The smallest absolute Gasteiger partial charge is 0.416 e. The summed E-state index contributed by atoms with van der Waals surface area (Å²) in [5, 5.41) is 12.7. The van der Waals surface area contributed by atoms with Gasteiger partial charge in [-0.1, -0.05) is 12.1 Å². The minimum atomic E-state index is -4.46. The van der Waals surface area contributed by atoms with Gasteiger partial charge in [0.1, 0.15) is 5.56 Å². The van der Waals surface area contributed by atoms with E-state index in [2.05, 4.69) is 5.32 Å². The van der Waals surface area contributed by atoms with Gasteiger partial charge >= 0.3 is 6.18 Å². The number of hydrogen-bond donors (Lipinski definition) is 2. The molecule has 3 rings (SSSR count). The summed E-state index contributed by atoms with van der Waals surface area (Å²) >= 11 is 0. The molecule has 0 aliphatic carbocycles. The number of benzene rings is 1. The van der Waals surface area contributed by atoms with Crippen LogP contribution in [-0.2, 0) is 24.0 Å². The lowest BCUT2D eigenvalue weighted by molar-refractivity contribution is -0.137. The molecule has 0 atom stereocenters. The summed E-state index contributed by atoms with van der Waals surface area (Å²) in [7, 11) is 1.49. The second-order valence-corrected chi connectivity index (χ2v) is 6.92. The van der Waals surface area contributed by atoms with E-state index in [0.717, 1.165) is 12.1 Å². The van der Waals surface area contributed by atoms with Gasteiger partial charge in [0.05, 0.1) is 12.2 Å². The van der Waals surface area contributed by atoms with Crippen molar-refractivity contribution in [3.8, 4) is 5.75 Å².